The first-order valence-electron chi connectivity index (χ1n) is 8.89. The molecule has 0 heterocycles. The van der Waals surface area contributed by atoms with Crippen molar-refractivity contribution in [2.45, 2.75) is 6.42 Å². The fourth-order valence-corrected chi connectivity index (χ4v) is 2.99. The lowest BCUT2D eigenvalue weighted by Crippen LogP contribution is -2.12. The van der Waals surface area contributed by atoms with Crippen molar-refractivity contribution in [1.29, 1.82) is 0 Å². The maximum atomic E-state index is 12.7. The molecule has 0 radical (unpaired) electrons. The van der Waals surface area contributed by atoms with E-state index < -0.39 is 0 Å². The molecule has 0 aromatic heterocycles. The molecule has 0 aliphatic carbocycles. The highest BCUT2D eigenvalue weighted by atomic mass is 16.5. The van der Waals surface area contributed by atoms with Crippen molar-refractivity contribution < 1.29 is 19.0 Å². The molecule has 28 heavy (non-hydrogen) atoms. The van der Waals surface area contributed by atoms with Crippen molar-refractivity contribution in [1.82, 2.24) is 0 Å². The molecule has 0 unspecified atom stereocenters. The fraction of sp³-hybridized carbons (Fsp3) is 0.174. The number of amides is 1. The topological polar surface area (TPSA) is 56.8 Å². The van der Waals surface area contributed by atoms with Gasteiger partial charge in [-0.3, -0.25) is 4.79 Å². The van der Waals surface area contributed by atoms with E-state index in [2.05, 4.69) is 17.4 Å². The van der Waals surface area contributed by atoms with Gasteiger partial charge in [0, 0.05) is 23.2 Å². The minimum Gasteiger partial charge on any atom is -0.496 e. The van der Waals surface area contributed by atoms with E-state index in [1.165, 1.54) is 5.56 Å². The Labute approximate surface area is 164 Å². The molecular weight excluding hydrogens is 354 g/mol. The number of ether oxygens (including phenoxy) is 3. The highest BCUT2D eigenvalue weighted by molar-refractivity contribution is 6.04. The van der Waals surface area contributed by atoms with E-state index in [-0.39, 0.29) is 5.91 Å². The van der Waals surface area contributed by atoms with Gasteiger partial charge in [-0.25, -0.2) is 0 Å². The number of methoxy groups -OCH3 is 3. The van der Waals surface area contributed by atoms with Gasteiger partial charge in [0.1, 0.15) is 5.75 Å². The summed E-state index contributed by atoms with van der Waals surface area (Å²) in [4.78, 5) is 12.7. The molecule has 5 heteroatoms. The van der Waals surface area contributed by atoms with Crippen LogP contribution in [0, 0.1) is 0 Å². The van der Waals surface area contributed by atoms with Gasteiger partial charge in [0.25, 0.3) is 5.91 Å². The van der Waals surface area contributed by atoms with Crippen LogP contribution in [0.25, 0.3) is 0 Å². The highest BCUT2D eigenvalue weighted by Crippen LogP contribution is 2.29. The number of benzene rings is 3. The van der Waals surface area contributed by atoms with Gasteiger partial charge >= 0.3 is 0 Å². The van der Waals surface area contributed by atoms with Gasteiger partial charge in [-0.2, -0.15) is 0 Å². The largest absolute Gasteiger partial charge is 0.496 e. The molecule has 0 bridgehead atoms. The summed E-state index contributed by atoms with van der Waals surface area (Å²) >= 11 is 0. The molecule has 0 aliphatic heterocycles. The van der Waals surface area contributed by atoms with Crippen LogP contribution in [0.5, 0.6) is 17.2 Å². The lowest BCUT2D eigenvalue weighted by atomic mass is 10.0. The summed E-state index contributed by atoms with van der Waals surface area (Å²) in [5.41, 5.74) is 3.35. The van der Waals surface area contributed by atoms with Gasteiger partial charge in [0.15, 0.2) is 11.5 Å². The predicted molar refractivity (Wildman–Crippen MR) is 110 cm³/mol. The number of anilines is 1. The highest BCUT2D eigenvalue weighted by Gasteiger charge is 2.12. The third-order valence-electron chi connectivity index (χ3n) is 4.42. The minimum absolute atomic E-state index is 0.225. The van der Waals surface area contributed by atoms with Gasteiger partial charge in [-0.1, -0.05) is 30.3 Å². The lowest BCUT2D eigenvalue weighted by Gasteiger charge is -2.13. The summed E-state index contributed by atoms with van der Waals surface area (Å²) in [7, 11) is 4.74. The molecule has 0 saturated carbocycles. The molecule has 144 valence electrons. The van der Waals surface area contributed by atoms with Gasteiger partial charge in [-0.05, 0) is 42.0 Å². The first-order valence-corrected chi connectivity index (χ1v) is 8.89. The van der Waals surface area contributed by atoms with Crippen LogP contribution < -0.4 is 19.5 Å². The number of hydrogen-bond acceptors (Lipinski definition) is 4. The molecule has 0 saturated heterocycles. The molecular formula is C23H23NO4. The zero-order chi connectivity index (χ0) is 19.9. The van der Waals surface area contributed by atoms with Crippen LogP contribution in [-0.2, 0) is 6.42 Å². The number of nitrogens with one attached hydrogen (secondary N) is 1. The van der Waals surface area contributed by atoms with Crippen molar-refractivity contribution in [2.24, 2.45) is 0 Å². The lowest BCUT2D eigenvalue weighted by molar-refractivity contribution is 0.102. The van der Waals surface area contributed by atoms with E-state index in [9.17, 15) is 4.79 Å². The van der Waals surface area contributed by atoms with E-state index in [4.69, 9.17) is 14.2 Å². The molecule has 0 aliphatic rings. The first-order chi connectivity index (χ1) is 13.6. The predicted octanol–water partition coefficient (Wildman–Crippen LogP) is 4.56. The standard InChI is InChI=1S/C23H23NO4/c1-26-20-12-10-19(14-18(20)13-16-7-5-4-6-8-16)24-23(25)17-9-11-21(27-2)22(15-17)28-3/h4-12,14-15H,13H2,1-3H3,(H,24,25). The summed E-state index contributed by atoms with van der Waals surface area (Å²) in [6.45, 7) is 0. The summed E-state index contributed by atoms with van der Waals surface area (Å²) in [6.07, 6.45) is 0.712. The smallest absolute Gasteiger partial charge is 0.255 e. The second-order valence-corrected chi connectivity index (χ2v) is 6.21. The molecule has 3 aromatic rings. The van der Waals surface area contributed by atoms with Crippen LogP contribution in [0.3, 0.4) is 0 Å². The van der Waals surface area contributed by atoms with Crippen molar-refractivity contribution in [3.05, 3.63) is 83.4 Å². The maximum absolute atomic E-state index is 12.7. The van der Waals surface area contributed by atoms with Crippen LogP contribution in [0.15, 0.2) is 66.7 Å². The zero-order valence-corrected chi connectivity index (χ0v) is 16.2. The van der Waals surface area contributed by atoms with E-state index >= 15 is 0 Å². The fourth-order valence-electron chi connectivity index (χ4n) is 2.99. The Morgan fingerprint density at radius 1 is 0.786 bits per heavy atom. The van der Waals surface area contributed by atoms with Gasteiger partial charge in [0.2, 0.25) is 0 Å². The summed E-state index contributed by atoms with van der Waals surface area (Å²) in [6, 6.07) is 20.8. The Morgan fingerprint density at radius 3 is 2.14 bits per heavy atom. The van der Waals surface area contributed by atoms with E-state index in [1.54, 1.807) is 39.5 Å². The Morgan fingerprint density at radius 2 is 1.46 bits per heavy atom. The van der Waals surface area contributed by atoms with Gasteiger partial charge in [-0.15, -0.1) is 0 Å². The van der Waals surface area contributed by atoms with Crippen molar-refractivity contribution in [3.8, 4) is 17.2 Å². The average Bonchev–Trinajstić information content (AvgIpc) is 2.74. The molecule has 1 N–H and O–H groups in total. The summed E-state index contributed by atoms with van der Waals surface area (Å²) in [5.74, 6) is 1.65. The summed E-state index contributed by atoms with van der Waals surface area (Å²) in [5, 5.41) is 2.93. The van der Waals surface area contributed by atoms with E-state index in [0.29, 0.717) is 29.2 Å². The maximum Gasteiger partial charge on any atom is 0.255 e. The Kier molecular flexibility index (Phi) is 6.17. The molecule has 5 nitrogen and oxygen atoms in total. The van der Waals surface area contributed by atoms with Crippen LogP contribution in [0.1, 0.15) is 21.5 Å². The molecule has 0 fully saturated rings. The quantitative estimate of drug-likeness (QED) is 0.656. The zero-order valence-electron chi connectivity index (χ0n) is 16.2. The van der Waals surface area contributed by atoms with Gasteiger partial charge in [0.05, 0.1) is 21.3 Å². The monoisotopic (exact) mass is 377 g/mol. The van der Waals surface area contributed by atoms with Crippen LogP contribution in [0.2, 0.25) is 0 Å². The first kappa shape index (κ1) is 19.3. The Bertz CT molecular complexity index is 954. The third-order valence-corrected chi connectivity index (χ3v) is 4.42. The van der Waals surface area contributed by atoms with Crippen LogP contribution in [-0.4, -0.2) is 27.2 Å². The normalized spacial score (nSPS) is 10.2. The molecule has 3 rings (SSSR count). The minimum atomic E-state index is -0.225. The third kappa shape index (κ3) is 4.43. The number of carbonyl (C=O) groups is 1. The number of rotatable bonds is 7. The SMILES string of the molecule is COc1ccc(NC(=O)c2ccc(OC)c(OC)c2)cc1Cc1ccccc1. The Hall–Kier alpha value is -3.47. The number of carbonyl (C=O) groups excluding carboxylic acids is 1. The van der Waals surface area contributed by atoms with E-state index in [0.717, 1.165) is 11.3 Å². The van der Waals surface area contributed by atoms with Gasteiger partial charge < -0.3 is 19.5 Å². The van der Waals surface area contributed by atoms with Crippen molar-refractivity contribution in [2.75, 3.05) is 26.6 Å². The number of hydrogen-bond donors (Lipinski definition) is 1. The molecule has 0 spiro atoms. The molecule has 3 aromatic carbocycles. The van der Waals surface area contributed by atoms with Crippen molar-refractivity contribution in [3.63, 3.8) is 0 Å². The van der Waals surface area contributed by atoms with Crippen molar-refractivity contribution >= 4 is 11.6 Å². The van der Waals surface area contributed by atoms with E-state index in [1.807, 2.05) is 36.4 Å². The molecule has 0 atom stereocenters. The van der Waals surface area contributed by atoms with Crippen LogP contribution >= 0.6 is 0 Å². The second kappa shape index (κ2) is 8.95. The van der Waals surface area contributed by atoms with Crippen LogP contribution in [0.4, 0.5) is 5.69 Å². The second-order valence-electron chi connectivity index (χ2n) is 6.21. The summed E-state index contributed by atoms with van der Waals surface area (Å²) < 4.78 is 16.0. The Balaban J connectivity index is 1.82. The average molecular weight is 377 g/mol. The molecule has 1 amide bonds.